The number of halogens is 3. The summed E-state index contributed by atoms with van der Waals surface area (Å²) in [5.41, 5.74) is 0.164. The predicted octanol–water partition coefficient (Wildman–Crippen LogP) is 4.02. The van der Waals surface area contributed by atoms with E-state index in [1.165, 1.54) is 30.7 Å². The van der Waals surface area contributed by atoms with Crippen LogP contribution in [0.15, 0.2) is 48.9 Å². The Morgan fingerprint density at radius 3 is 2.57 bits per heavy atom. The van der Waals surface area contributed by atoms with Crippen LogP contribution >= 0.6 is 0 Å². The highest BCUT2D eigenvalue weighted by Gasteiger charge is 2.33. The van der Waals surface area contributed by atoms with E-state index in [0.29, 0.717) is 16.5 Å². The second-order valence-electron chi connectivity index (χ2n) is 4.49. The summed E-state index contributed by atoms with van der Waals surface area (Å²) in [7, 11) is 0. The molecule has 0 amide bonds. The van der Waals surface area contributed by atoms with Gasteiger partial charge in [-0.1, -0.05) is 12.1 Å². The number of benzene rings is 1. The van der Waals surface area contributed by atoms with Gasteiger partial charge in [0.25, 0.3) is 0 Å². The van der Waals surface area contributed by atoms with Crippen molar-refractivity contribution in [3.63, 3.8) is 0 Å². The molecule has 1 N–H and O–H groups in total. The minimum atomic E-state index is -4.47. The fourth-order valence-corrected chi connectivity index (χ4v) is 2.23. The lowest BCUT2D eigenvalue weighted by atomic mass is 10.0. The molecule has 21 heavy (non-hydrogen) atoms. The number of aromatic hydroxyl groups is 1. The number of nitrogens with zero attached hydrogens (tertiary/aromatic N) is 2. The van der Waals surface area contributed by atoms with Gasteiger partial charge in [0.2, 0.25) is 0 Å². The van der Waals surface area contributed by atoms with Gasteiger partial charge in [0.15, 0.2) is 0 Å². The molecule has 0 saturated carbocycles. The van der Waals surface area contributed by atoms with Crippen LogP contribution in [0.3, 0.4) is 0 Å². The summed E-state index contributed by atoms with van der Waals surface area (Å²) in [6, 6.07) is 6.95. The third-order valence-corrected chi connectivity index (χ3v) is 3.11. The summed E-state index contributed by atoms with van der Waals surface area (Å²) in [6.45, 7) is 0. The minimum Gasteiger partial charge on any atom is -0.506 e. The topological polar surface area (TPSA) is 46.0 Å². The predicted molar refractivity (Wildman–Crippen MR) is 71.6 cm³/mol. The zero-order valence-electron chi connectivity index (χ0n) is 10.6. The van der Waals surface area contributed by atoms with Crippen molar-refractivity contribution >= 4 is 10.9 Å². The van der Waals surface area contributed by atoms with E-state index in [9.17, 15) is 18.3 Å². The van der Waals surface area contributed by atoms with Crippen LogP contribution in [0.1, 0.15) is 5.56 Å². The van der Waals surface area contributed by atoms with Gasteiger partial charge >= 0.3 is 6.18 Å². The molecule has 1 aromatic carbocycles. The van der Waals surface area contributed by atoms with Gasteiger partial charge in [-0.3, -0.25) is 9.97 Å². The highest BCUT2D eigenvalue weighted by atomic mass is 19.4. The lowest BCUT2D eigenvalue weighted by molar-refractivity contribution is -0.136. The number of aromatic nitrogens is 2. The molecule has 0 bridgehead atoms. The summed E-state index contributed by atoms with van der Waals surface area (Å²) < 4.78 is 39.1. The first-order valence-corrected chi connectivity index (χ1v) is 6.06. The molecule has 0 atom stereocenters. The average molecular weight is 290 g/mol. The molecule has 3 rings (SSSR count). The van der Waals surface area contributed by atoms with Gasteiger partial charge < -0.3 is 5.11 Å². The average Bonchev–Trinajstić information content (AvgIpc) is 2.45. The van der Waals surface area contributed by atoms with Crippen LogP contribution in [0.25, 0.3) is 22.0 Å². The summed E-state index contributed by atoms with van der Waals surface area (Å²) in [6.07, 6.45) is -0.415. The van der Waals surface area contributed by atoms with E-state index in [1.54, 1.807) is 12.1 Å². The van der Waals surface area contributed by atoms with Crippen molar-refractivity contribution in [3.8, 4) is 16.9 Å². The molecule has 0 aliphatic rings. The zero-order chi connectivity index (χ0) is 15.0. The van der Waals surface area contributed by atoms with E-state index >= 15 is 0 Å². The van der Waals surface area contributed by atoms with Gasteiger partial charge in [0, 0.05) is 23.3 Å². The molecular formula is C15H9F3N2O. The van der Waals surface area contributed by atoms with E-state index < -0.39 is 11.7 Å². The number of rotatable bonds is 1. The van der Waals surface area contributed by atoms with Crippen LogP contribution in [0.2, 0.25) is 0 Å². The molecule has 0 aliphatic carbocycles. The van der Waals surface area contributed by atoms with Crippen molar-refractivity contribution in [1.82, 2.24) is 9.97 Å². The number of pyridine rings is 2. The van der Waals surface area contributed by atoms with Crippen LogP contribution in [-0.4, -0.2) is 15.1 Å². The van der Waals surface area contributed by atoms with Crippen molar-refractivity contribution in [1.29, 1.82) is 0 Å². The molecule has 3 aromatic rings. The third-order valence-electron chi connectivity index (χ3n) is 3.11. The molecule has 6 heteroatoms. The van der Waals surface area contributed by atoms with Crippen molar-refractivity contribution in [2.75, 3.05) is 0 Å². The molecule has 3 nitrogen and oxygen atoms in total. The second-order valence-corrected chi connectivity index (χ2v) is 4.49. The molecule has 0 aliphatic heterocycles. The van der Waals surface area contributed by atoms with Crippen LogP contribution < -0.4 is 0 Å². The number of para-hydroxylation sites is 1. The largest absolute Gasteiger partial charge is 0.506 e. The molecule has 106 valence electrons. The number of hydrogen-bond donors (Lipinski definition) is 1. The Bertz CT molecular complexity index is 815. The Balaban J connectivity index is 2.31. The lowest BCUT2D eigenvalue weighted by Crippen LogP contribution is -2.06. The fraction of sp³-hybridized carbons (Fsp3) is 0.0667. The quantitative estimate of drug-likeness (QED) is 0.736. The van der Waals surface area contributed by atoms with Gasteiger partial charge in [-0.25, -0.2) is 0 Å². The first kappa shape index (κ1) is 13.4. The molecule has 2 aromatic heterocycles. The molecular weight excluding hydrogens is 281 g/mol. The summed E-state index contributed by atoms with van der Waals surface area (Å²) in [5, 5.41) is 9.83. The smallest absolute Gasteiger partial charge is 0.418 e. The van der Waals surface area contributed by atoms with E-state index in [-0.39, 0.29) is 11.3 Å². The third kappa shape index (κ3) is 2.40. The van der Waals surface area contributed by atoms with Crippen molar-refractivity contribution in [3.05, 3.63) is 54.5 Å². The van der Waals surface area contributed by atoms with Gasteiger partial charge in [-0.05, 0) is 23.8 Å². The van der Waals surface area contributed by atoms with Crippen molar-refractivity contribution < 1.29 is 18.3 Å². The van der Waals surface area contributed by atoms with Crippen molar-refractivity contribution in [2.45, 2.75) is 6.18 Å². The SMILES string of the molecule is Oc1cncc(-c2ccnc3c(C(F)(F)F)cccc23)c1. The van der Waals surface area contributed by atoms with Crippen molar-refractivity contribution in [2.24, 2.45) is 0 Å². The maximum absolute atomic E-state index is 13.0. The van der Waals surface area contributed by atoms with Crippen LogP contribution in [0.4, 0.5) is 13.2 Å². The van der Waals surface area contributed by atoms with Gasteiger partial charge in [0.1, 0.15) is 5.75 Å². The Kier molecular flexibility index (Phi) is 3.01. The fourth-order valence-electron chi connectivity index (χ4n) is 2.23. The van der Waals surface area contributed by atoms with Gasteiger partial charge in [-0.2, -0.15) is 13.2 Å². The van der Waals surface area contributed by atoms with Crippen LogP contribution in [-0.2, 0) is 6.18 Å². The number of fused-ring (bicyclic) bond motifs is 1. The van der Waals surface area contributed by atoms with Crippen LogP contribution in [0.5, 0.6) is 5.75 Å². The second kappa shape index (κ2) is 4.73. The summed E-state index contributed by atoms with van der Waals surface area (Å²) in [4.78, 5) is 7.70. The Morgan fingerprint density at radius 2 is 1.86 bits per heavy atom. The molecule has 0 radical (unpaired) electrons. The maximum Gasteiger partial charge on any atom is 0.418 e. The molecule has 0 fully saturated rings. The molecule has 0 saturated heterocycles. The minimum absolute atomic E-state index is 0.0514. The summed E-state index contributed by atoms with van der Waals surface area (Å²) >= 11 is 0. The first-order valence-electron chi connectivity index (χ1n) is 6.06. The Hall–Kier alpha value is -2.63. The normalized spacial score (nSPS) is 11.8. The van der Waals surface area contributed by atoms with E-state index in [0.717, 1.165) is 6.07 Å². The molecule has 2 heterocycles. The van der Waals surface area contributed by atoms with E-state index in [1.807, 2.05) is 0 Å². The first-order chi connectivity index (χ1) is 9.97. The van der Waals surface area contributed by atoms with E-state index in [4.69, 9.17) is 0 Å². The van der Waals surface area contributed by atoms with Crippen LogP contribution in [0, 0.1) is 0 Å². The molecule has 0 spiro atoms. The maximum atomic E-state index is 13.0. The monoisotopic (exact) mass is 290 g/mol. The van der Waals surface area contributed by atoms with E-state index in [2.05, 4.69) is 9.97 Å². The van der Waals surface area contributed by atoms with Gasteiger partial charge in [-0.15, -0.1) is 0 Å². The Morgan fingerprint density at radius 1 is 1.05 bits per heavy atom. The zero-order valence-corrected chi connectivity index (χ0v) is 10.6. The Labute approximate surface area is 117 Å². The number of hydrogen-bond acceptors (Lipinski definition) is 3. The highest BCUT2D eigenvalue weighted by Crippen LogP contribution is 2.37. The summed E-state index contributed by atoms with van der Waals surface area (Å²) in [5.74, 6) is -0.0514. The van der Waals surface area contributed by atoms with Gasteiger partial charge in [0.05, 0.1) is 17.3 Å². The molecule has 0 unspecified atom stereocenters. The highest BCUT2D eigenvalue weighted by molar-refractivity contribution is 5.96. The standard InChI is InChI=1S/C15H9F3N2O/c16-15(17,18)13-3-1-2-12-11(4-5-20-14(12)13)9-6-10(21)8-19-7-9/h1-8,21H. The lowest BCUT2D eigenvalue weighted by Gasteiger charge is -2.12. The number of alkyl halides is 3.